The van der Waals surface area contributed by atoms with Gasteiger partial charge in [-0.15, -0.1) is 0 Å². The van der Waals surface area contributed by atoms with Gasteiger partial charge in [0.2, 0.25) is 0 Å². The van der Waals surface area contributed by atoms with E-state index in [1.54, 1.807) is 0 Å². The quantitative estimate of drug-likeness (QED) is 0.761. The molecule has 0 saturated heterocycles. The molecule has 0 spiro atoms. The second-order valence-corrected chi connectivity index (χ2v) is 3.76. The number of hydrogen-bond donors (Lipinski definition) is 1. The Balaban J connectivity index is 2.32. The maximum absolute atomic E-state index is 12.8. The Hall–Kier alpha value is -1.16. The van der Waals surface area contributed by atoms with Gasteiger partial charge in [0.1, 0.15) is 17.4 Å². The normalized spacial score (nSPS) is 12.5. The van der Waals surface area contributed by atoms with Crippen molar-refractivity contribution < 1.29 is 13.5 Å². The van der Waals surface area contributed by atoms with Gasteiger partial charge < -0.3 is 10.5 Å². The molecule has 1 rings (SSSR count). The van der Waals surface area contributed by atoms with Crippen LogP contribution in [0.15, 0.2) is 18.2 Å². The first-order valence-corrected chi connectivity index (χ1v) is 5.46. The minimum atomic E-state index is -0.625. The van der Waals surface area contributed by atoms with Crippen molar-refractivity contribution in [3.8, 4) is 5.75 Å². The summed E-state index contributed by atoms with van der Waals surface area (Å²) in [7, 11) is 0. The van der Waals surface area contributed by atoms with E-state index in [2.05, 4.69) is 0 Å². The van der Waals surface area contributed by atoms with E-state index in [4.69, 9.17) is 10.5 Å². The number of benzene rings is 1. The fourth-order valence-corrected chi connectivity index (χ4v) is 1.35. The largest absolute Gasteiger partial charge is 0.493 e. The van der Waals surface area contributed by atoms with Crippen LogP contribution in [0.2, 0.25) is 0 Å². The zero-order chi connectivity index (χ0) is 12.0. The van der Waals surface area contributed by atoms with E-state index in [1.165, 1.54) is 12.1 Å². The van der Waals surface area contributed by atoms with Gasteiger partial charge in [-0.3, -0.25) is 0 Å². The molecule has 0 aliphatic carbocycles. The lowest BCUT2D eigenvalue weighted by Crippen LogP contribution is -2.19. The zero-order valence-corrected chi connectivity index (χ0v) is 9.38. The molecule has 1 aromatic rings. The number of hydrogen-bond acceptors (Lipinski definition) is 2. The van der Waals surface area contributed by atoms with Gasteiger partial charge >= 0.3 is 0 Å². The fourth-order valence-electron chi connectivity index (χ4n) is 1.35. The number of ether oxygens (including phenoxy) is 1. The van der Waals surface area contributed by atoms with Gasteiger partial charge in [-0.2, -0.15) is 0 Å². The summed E-state index contributed by atoms with van der Waals surface area (Å²) < 4.78 is 30.8. The van der Waals surface area contributed by atoms with Crippen LogP contribution in [-0.2, 0) is 0 Å². The van der Waals surface area contributed by atoms with Crippen LogP contribution in [0, 0.1) is 11.6 Å². The second-order valence-electron chi connectivity index (χ2n) is 3.76. The lowest BCUT2D eigenvalue weighted by Gasteiger charge is -2.09. The predicted molar refractivity (Wildman–Crippen MR) is 59.4 cm³/mol. The van der Waals surface area contributed by atoms with Crippen molar-refractivity contribution in [1.29, 1.82) is 0 Å². The molecule has 0 aliphatic heterocycles. The summed E-state index contributed by atoms with van der Waals surface area (Å²) in [6.45, 7) is 2.45. The molecular weight excluding hydrogens is 212 g/mol. The Morgan fingerprint density at radius 1 is 1.25 bits per heavy atom. The highest BCUT2D eigenvalue weighted by Gasteiger charge is 2.02. The Kier molecular flexibility index (Phi) is 5.19. The summed E-state index contributed by atoms with van der Waals surface area (Å²) in [4.78, 5) is 0. The number of rotatable bonds is 6. The van der Waals surface area contributed by atoms with E-state index in [-0.39, 0.29) is 11.8 Å². The number of halogens is 2. The van der Waals surface area contributed by atoms with Crippen molar-refractivity contribution in [3.05, 3.63) is 29.8 Å². The standard InChI is InChI=1S/C12H17F2NO/c1-2-11(15)4-3-5-16-12-7-9(13)6-10(14)8-12/h6-8,11H,2-5,15H2,1H3. The Labute approximate surface area is 94.4 Å². The third kappa shape index (κ3) is 4.57. The monoisotopic (exact) mass is 229 g/mol. The van der Waals surface area contributed by atoms with E-state index in [0.29, 0.717) is 6.61 Å². The summed E-state index contributed by atoms with van der Waals surface area (Å²) in [6, 6.07) is 3.33. The van der Waals surface area contributed by atoms with E-state index in [9.17, 15) is 8.78 Å². The second kappa shape index (κ2) is 6.43. The predicted octanol–water partition coefficient (Wildman–Crippen LogP) is 2.86. The van der Waals surface area contributed by atoms with Crippen LogP contribution < -0.4 is 10.5 Å². The minimum absolute atomic E-state index is 0.174. The van der Waals surface area contributed by atoms with E-state index in [0.717, 1.165) is 25.3 Å². The van der Waals surface area contributed by atoms with Crippen LogP contribution in [0.1, 0.15) is 26.2 Å². The molecule has 0 radical (unpaired) electrons. The molecule has 2 nitrogen and oxygen atoms in total. The van der Waals surface area contributed by atoms with Gasteiger partial charge in [0, 0.05) is 24.2 Å². The van der Waals surface area contributed by atoms with Crippen LogP contribution in [0.25, 0.3) is 0 Å². The fraction of sp³-hybridized carbons (Fsp3) is 0.500. The third-order valence-electron chi connectivity index (χ3n) is 2.35. The zero-order valence-electron chi connectivity index (χ0n) is 9.38. The lowest BCUT2D eigenvalue weighted by atomic mass is 10.1. The summed E-state index contributed by atoms with van der Waals surface area (Å²) in [6.07, 6.45) is 2.57. The van der Waals surface area contributed by atoms with Crippen molar-refractivity contribution in [2.75, 3.05) is 6.61 Å². The van der Waals surface area contributed by atoms with Gasteiger partial charge in [0.05, 0.1) is 6.61 Å². The lowest BCUT2D eigenvalue weighted by molar-refractivity contribution is 0.297. The van der Waals surface area contributed by atoms with Crippen molar-refractivity contribution >= 4 is 0 Å². The smallest absolute Gasteiger partial charge is 0.129 e. The number of nitrogens with two attached hydrogens (primary N) is 1. The van der Waals surface area contributed by atoms with Gasteiger partial charge in [0.25, 0.3) is 0 Å². The SMILES string of the molecule is CCC(N)CCCOc1cc(F)cc(F)c1. The molecule has 0 aromatic heterocycles. The molecule has 1 unspecified atom stereocenters. The molecule has 0 bridgehead atoms. The van der Waals surface area contributed by atoms with Crippen molar-refractivity contribution in [3.63, 3.8) is 0 Å². The highest BCUT2D eigenvalue weighted by molar-refractivity contribution is 5.23. The minimum Gasteiger partial charge on any atom is -0.493 e. The highest BCUT2D eigenvalue weighted by Crippen LogP contribution is 2.15. The van der Waals surface area contributed by atoms with Gasteiger partial charge in [0.15, 0.2) is 0 Å². The van der Waals surface area contributed by atoms with Crippen LogP contribution in [0.3, 0.4) is 0 Å². The van der Waals surface area contributed by atoms with Gasteiger partial charge in [-0.05, 0) is 19.3 Å². The Morgan fingerprint density at radius 3 is 2.44 bits per heavy atom. The molecule has 0 saturated carbocycles. The molecule has 1 aromatic carbocycles. The summed E-state index contributed by atoms with van der Waals surface area (Å²) in [5, 5.41) is 0. The highest BCUT2D eigenvalue weighted by atomic mass is 19.1. The maximum atomic E-state index is 12.8. The Bertz CT molecular complexity index is 311. The molecule has 0 fully saturated rings. The van der Waals surface area contributed by atoms with Crippen molar-refractivity contribution in [2.45, 2.75) is 32.2 Å². The maximum Gasteiger partial charge on any atom is 0.129 e. The average molecular weight is 229 g/mol. The molecule has 90 valence electrons. The van der Waals surface area contributed by atoms with Gasteiger partial charge in [-0.25, -0.2) is 8.78 Å². The molecule has 0 aliphatic rings. The van der Waals surface area contributed by atoms with E-state index in [1.807, 2.05) is 6.92 Å². The topological polar surface area (TPSA) is 35.2 Å². The molecule has 0 amide bonds. The van der Waals surface area contributed by atoms with Crippen LogP contribution in [0.5, 0.6) is 5.75 Å². The van der Waals surface area contributed by atoms with Crippen molar-refractivity contribution in [2.24, 2.45) is 5.73 Å². The molecular formula is C12H17F2NO. The van der Waals surface area contributed by atoms with Gasteiger partial charge in [-0.1, -0.05) is 6.92 Å². The van der Waals surface area contributed by atoms with Crippen molar-refractivity contribution in [1.82, 2.24) is 0 Å². The molecule has 1 atom stereocenters. The first kappa shape index (κ1) is 12.9. The first-order valence-electron chi connectivity index (χ1n) is 5.46. The summed E-state index contributed by atoms with van der Waals surface area (Å²) >= 11 is 0. The molecule has 0 heterocycles. The molecule has 16 heavy (non-hydrogen) atoms. The molecule has 2 N–H and O–H groups in total. The van der Waals surface area contributed by atoms with E-state index < -0.39 is 11.6 Å². The average Bonchev–Trinajstić information content (AvgIpc) is 2.22. The van der Waals surface area contributed by atoms with Crippen LogP contribution >= 0.6 is 0 Å². The van der Waals surface area contributed by atoms with Crippen LogP contribution in [-0.4, -0.2) is 12.6 Å². The van der Waals surface area contributed by atoms with Crippen LogP contribution in [0.4, 0.5) is 8.78 Å². The summed E-state index contributed by atoms with van der Waals surface area (Å²) in [5.74, 6) is -1.02. The first-order chi connectivity index (χ1) is 7.61. The third-order valence-corrected chi connectivity index (χ3v) is 2.35. The molecule has 4 heteroatoms. The van der Waals surface area contributed by atoms with E-state index >= 15 is 0 Å². The summed E-state index contributed by atoms with van der Waals surface area (Å²) in [5.41, 5.74) is 5.73. The Morgan fingerprint density at radius 2 is 1.88 bits per heavy atom.